The number of esters is 2. The van der Waals surface area contributed by atoms with Gasteiger partial charge in [0, 0.05) is 32.3 Å². The van der Waals surface area contributed by atoms with Crippen molar-refractivity contribution in [3.8, 4) is 0 Å². The Morgan fingerprint density at radius 1 is 1.14 bits per heavy atom. The fourth-order valence-electron chi connectivity index (χ4n) is 4.59. The summed E-state index contributed by atoms with van der Waals surface area (Å²) in [5, 5.41) is 5.14. The van der Waals surface area contributed by atoms with Gasteiger partial charge >= 0.3 is 18.0 Å². The first kappa shape index (κ1) is 36.0. The molecule has 1 fully saturated rings. The van der Waals surface area contributed by atoms with Crippen molar-refractivity contribution in [2.24, 2.45) is 16.8 Å². The fraction of sp³-hybridized carbons (Fsp3) is 0.548. The molecular formula is C31H42F2N4O7. The number of nitrogens with one attached hydrogen (secondary N) is 2. The maximum absolute atomic E-state index is 13.7. The highest BCUT2D eigenvalue weighted by atomic mass is 19.1. The summed E-state index contributed by atoms with van der Waals surface area (Å²) < 4.78 is 37.6. The van der Waals surface area contributed by atoms with Crippen LogP contribution in [0.3, 0.4) is 0 Å². The van der Waals surface area contributed by atoms with Gasteiger partial charge in [0.25, 0.3) is 5.91 Å². The molecule has 1 aromatic rings. The second-order valence-corrected chi connectivity index (χ2v) is 10.8. The van der Waals surface area contributed by atoms with E-state index in [1.165, 1.54) is 30.9 Å². The lowest BCUT2D eigenvalue weighted by atomic mass is 10.0. The molecule has 242 valence electrons. The highest BCUT2D eigenvalue weighted by molar-refractivity contribution is 5.99. The number of nitrogens with zero attached hydrogens (tertiary/aromatic N) is 2. The lowest BCUT2D eigenvalue weighted by Crippen LogP contribution is -2.45. The van der Waals surface area contributed by atoms with Crippen molar-refractivity contribution in [1.29, 1.82) is 0 Å². The van der Waals surface area contributed by atoms with Crippen LogP contribution >= 0.6 is 0 Å². The standard InChI is InChI=1S/C31H42F2N4O7/c1-6-19(2)9-7-13-34-31(42)36-26(12-11-22-15-23(32)17-24(33)16-22)28(39)35-18-25(29(40)43-5)20(3)44-30(41)27-10-8-14-37(27)21(4)38/h11-12,15-20,25-27H,6-10,13-14H2,1-5H3,(H2,34,36,42)/b12-11-,35-18?/t19?,20-,25?,26?,27?/m0/s1. The van der Waals surface area contributed by atoms with Crippen molar-refractivity contribution in [2.75, 3.05) is 20.2 Å². The molecule has 11 nitrogen and oxygen atoms in total. The largest absolute Gasteiger partial charge is 0.468 e. The Kier molecular flexibility index (Phi) is 14.6. The maximum Gasteiger partial charge on any atom is 0.329 e. The van der Waals surface area contributed by atoms with Crippen LogP contribution in [-0.2, 0) is 28.7 Å². The molecule has 4 unspecified atom stereocenters. The van der Waals surface area contributed by atoms with E-state index >= 15 is 0 Å². The number of aliphatic imine (C=N–C) groups is 1. The summed E-state index contributed by atoms with van der Waals surface area (Å²) in [4.78, 5) is 68.1. The Balaban J connectivity index is 2.20. The van der Waals surface area contributed by atoms with E-state index in [0.717, 1.165) is 44.7 Å². The molecule has 1 aromatic carbocycles. The van der Waals surface area contributed by atoms with Gasteiger partial charge in [0.15, 0.2) is 0 Å². The molecule has 0 aromatic heterocycles. The first-order valence-corrected chi connectivity index (χ1v) is 14.7. The number of urea groups is 1. The van der Waals surface area contributed by atoms with Gasteiger partial charge in [0.05, 0.1) is 7.11 Å². The number of carbonyl (C=O) groups excluding carboxylic acids is 5. The molecule has 1 aliphatic heterocycles. The molecule has 0 radical (unpaired) electrons. The minimum absolute atomic E-state index is 0.0968. The van der Waals surface area contributed by atoms with E-state index < -0.39 is 59.6 Å². The normalized spacial score (nSPS) is 17.6. The minimum atomic E-state index is -1.38. The number of hydrogen-bond donors (Lipinski definition) is 2. The van der Waals surface area contributed by atoms with Crippen LogP contribution in [0.1, 0.15) is 65.4 Å². The molecule has 4 amide bonds. The molecule has 44 heavy (non-hydrogen) atoms. The zero-order chi connectivity index (χ0) is 32.8. The van der Waals surface area contributed by atoms with Crippen LogP contribution in [0.2, 0.25) is 0 Å². The van der Waals surface area contributed by atoms with Gasteiger partial charge in [-0.15, -0.1) is 0 Å². The summed E-state index contributed by atoms with van der Waals surface area (Å²) in [6.45, 7) is 7.71. The van der Waals surface area contributed by atoms with E-state index in [4.69, 9.17) is 9.47 Å². The van der Waals surface area contributed by atoms with Gasteiger partial charge in [0.2, 0.25) is 5.91 Å². The number of likely N-dealkylation sites (tertiary alicyclic amines) is 1. The van der Waals surface area contributed by atoms with Crippen LogP contribution in [0.15, 0.2) is 29.3 Å². The molecule has 2 N–H and O–H groups in total. The third-order valence-corrected chi connectivity index (χ3v) is 7.35. The Hall–Kier alpha value is -4.16. The van der Waals surface area contributed by atoms with Gasteiger partial charge in [-0.25, -0.2) is 23.4 Å². The van der Waals surface area contributed by atoms with E-state index in [1.54, 1.807) is 0 Å². The zero-order valence-corrected chi connectivity index (χ0v) is 25.8. The number of halogens is 2. The highest BCUT2D eigenvalue weighted by Gasteiger charge is 2.36. The molecule has 5 atom stereocenters. The van der Waals surface area contributed by atoms with Crippen molar-refractivity contribution >= 4 is 42.1 Å². The predicted octanol–water partition coefficient (Wildman–Crippen LogP) is 3.80. The van der Waals surface area contributed by atoms with Crippen LogP contribution in [0.25, 0.3) is 6.08 Å². The van der Waals surface area contributed by atoms with Crippen LogP contribution in [-0.4, -0.2) is 79.3 Å². The average molecular weight is 621 g/mol. The van der Waals surface area contributed by atoms with Gasteiger partial charge in [-0.3, -0.25) is 14.4 Å². The summed E-state index contributed by atoms with van der Waals surface area (Å²) >= 11 is 0. The van der Waals surface area contributed by atoms with E-state index in [1.807, 2.05) is 0 Å². The maximum atomic E-state index is 13.7. The third kappa shape index (κ3) is 11.5. The van der Waals surface area contributed by atoms with E-state index in [2.05, 4.69) is 29.5 Å². The monoisotopic (exact) mass is 620 g/mol. The van der Waals surface area contributed by atoms with Crippen molar-refractivity contribution in [2.45, 2.75) is 78.0 Å². The van der Waals surface area contributed by atoms with E-state index in [9.17, 15) is 32.8 Å². The molecule has 13 heteroatoms. The summed E-state index contributed by atoms with van der Waals surface area (Å²) in [5.74, 6) is -5.19. The van der Waals surface area contributed by atoms with Crippen LogP contribution in [0.4, 0.5) is 13.6 Å². The molecule has 1 heterocycles. The smallest absolute Gasteiger partial charge is 0.329 e. The molecule has 0 aliphatic carbocycles. The lowest BCUT2D eigenvalue weighted by Gasteiger charge is -2.25. The Morgan fingerprint density at radius 2 is 1.82 bits per heavy atom. The molecule has 2 rings (SSSR count). The Morgan fingerprint density at radius 3 is 2.43 bits per heavy atom. The number of ether oxygens (including phenoxy) is 2. The summed E-state index contributed by atoms with van der Waals surface area (Å²) in [5.41, 5.74) is 0.0968. The van der Waals surface area contributed by atoms with Crippen molar-refractivity contribution in [3.63, 3.8) is 0 Å². The zero-order valence-electron chi connectivity index (χ0n) is 25.8. The van der Waals surface area contributed by atoms with Crippen molar-refractivity contribution in [3.05, 3.63) is 41.5 Å². The molecular weight excluding hydrogens is 578 g/mol. The van der Waals surface area contributed by atoms with Crippen LogP contribution in [0.5, 0.6) is 0 Å². The van der Waals surface area contributed by atoms with Crippen molar-refractivity contribution in [1.82, 2.24) is 15.5 Å². The SMILES string of the molecule is CCC(C)CCCNC(=O)NC(/C=C\c1cc(F)cc(F)c1)C(=O)N=CC(C(=O)OC)[C@H](C)OC(=O)C1CCCN1C(C)=O. The summed E-state index contributed by atoms with van der Waals surface area (Å²) in [7, 11) is 1.12. The first-order valence-electron chi connectivity index (χ1n) is 14.7. The Labute approximate surface area is 256 Å². The minimum Gasteiger partial charge on any atom is -0.468 e. The molecule has 0 bridgehead atoms. The van der Waals surface area contributed by atoms with E-state index in [0.29, 0.717) is 37.9 Å². The highest BCUT2D eigenvalue weighted by Crippen LogP contribution is 2.20. The van der Waals surface area contributed by atoms with Gasteiger partial charge in [-0.1, -0.05) is 32.4 Å². The molecule has 0 saturated carbocycles. The number of carbonyl (C=O) groups is 5. The van der Waals surface area contributed by atoms with Crippen LogP contribution in [0, 0.1) is 23.5 Å². The van der Waals surface area contributed by atoms with E-state index in [-0.39, 0.29) is 11.5 Å². The second-order valence-electron chi connectivity index (χ2n) is 10.8. The first-order chi connectivity index (χ1) is 20.9. The quantitative estimate of drug-likeness (QED) is 0.183. The molecule has 1 saturated heterocycles. The number of methoxy groups -OCH3 is 1. The summed E-state index contributed by atoms with van der Waals surface area (Å²) in [6.07, 6.45) is 5.96. The van der Waals surface area contributed by atoms with Crippen LogP contribution < -0.4 is 10.6 Å². The topological polar surface area (TPSA) is 143 Å². The molecule has 1 aliphatic rings. The second kappa shape index (κ2) is 17.8. The van der Waals surface area contributed by atoms with Gasteiger partial charge in [-0.2, -0.15) is 0 Å². The molecule has 0 spiro atoms. The number of benzene rings is 1. The number of amides is 4. The van der Waals surface area contributed by atoms with Gasteiger partial charge in [0.1, 0.15) is 35.7 Å². The average Bonchev–Trinajstić information content (AvgIpc) is 3.47. The third-order valence-electron chi connectivity index (χ3n) is 7.35. The Bertz CT molecular complexity index is 1220. The van der Waals surface area contributed by atoms with Gasteiger partial charge < -0.3 is 25.0 Å². The summed E-state index contributed by atoms with van der Waals surface area (Å²) in [6, 6.07) is -0.0646. The predicted molar refractivity (Wildman–Crippen MR) is 159 cm³/mol. The number of hydrogen-bond acceptors (Lipinski definition) is 7. The van der Waals surface area contributed by atoms with Gasteiger partial charge in [-0.05, 0) is 56.2 Å². The number of rotatable bonds is 14. The lowest BCUT2D eigenvalue weighted by molar-refractivity contribution is -0.161. The van der Waals surface area contributed by atoms with Crippen molar-refractivity contribution < 1.29 is 42.2 Å². The fourth-order valence-corrected chi connectivity index (χ4v) is 4.59.